The molecule has 0 spiro atoms. The average molecular weight is 447 g/mol. The number of imidazole rings is 1. The SMILES string of the molecule is Cn1c(Oc2cccc3ccccc23)nc2c1c(=O)n(Cc1ccccc1Cl)c(=O)n2C. The van der Waals surface area contributed by atoms with Crippen LogP contribution in [-0.4, -0.2) is 18.7 Å². The summed E-state index contributed by atoms with van der Waals surface area (Å²) in [6.07, 6.45) is 0. The van der Waals surface area contributed by atoms with Gasteiger partial charge >= 0.3 is 11.7 Å². The first-order valence-corrected chi connectivity index (χ1v) is 10.4. The molecule has 2 aromatic heterocycles. The van der Waals surface area contributed by atoms with Crippen LogP contribution in [0.4, 0.5) is 0 Å². The predicted molar refractivity (Wildman–Crippen MR) is 125 cm³/mol. The lowest BCUT2D eigenvalue weighted by molar-refractivity contribution is 0.432. The van der Waals surface area contributed by atoms with Crippen molar-refractivity contribution in [2.75, 3.05) is 0 Å². The lowest BCUT2D eigenvalue weighted by Crippen LogP contribution is -2.39. The van der Waals surface area contributed by atoms with Gasteiger partial charge in [0.15, 0.2) is 11.2 Å². The second-order valence-corrected chi connectivity index (χ2v) is 7.94. The van der Waals surface area contributed by atoms with Crippen LogP contribution < -0.4 is 16.0 Å². The molecule has 0 aliphatic rings. The average Bonchev–Trinajstić information content (AvgIpc) is 3.13. The lowest BCUT2D eigenvalue weighted by Gasteiger charge is -2.10. The van der Waals surface area contributed by atoms with Crippen LogP contribution in [0.15, 0.2) is 76.3 Å². The van der Waals surface area contributed by atoms with Crippen molar-refractivity contribution in [3.8, 4) is 11.8 Å². The van der Waals surface area contributed by atoms with Crippen LogP contribution >= 0.6 is 11.6 Å². The van der Waals surface area contributed by atoms with E-state index in [9.17, 15) is 9.59 Å². The van der Waals surface area contributed by atoms with Gasteiger partial charge in [-0.2, -0.15) is 4.98 Å². The van der Waals surface area contributed by atoms with Gasteiger partial charge in [0.25, 0.3) is 5.56 Å². The standard InChI is InChI=1S/C24H19ClN4O3/c1-27-20-21(26-23(27)32-19-13-7-10-15-8-3-5-11-17(15)19)28(2)24(31)29(22(20)30)14-16-9-4-6-12-18(16)25/h3-13H,14H2,1-2H3. The number of hydrogen-bond acceptors (Lipinski definition) is 4. The Balaban J connectivity index is 1.66. The van der Waals surface area contributed by atoms with Gasteiger partial charge in [-0.3, -0.25) is 18.5 Å². The molecular formula is C24H19ClN4O3. The van der Waals surface area contributed by atoms with Crippen molar-refractivity contribution in [2.45, 2.75) is 6.54 Å². The van der Waals surface area contributed by atoms with Gasteiger partial charge in [-0.25, -0.2) is 4.79 Å². The maximum Gasteiger partial charge on any atom is 0.332 e. The second kappa shape index (κ2) is 7.69. The van der Waals surface area contributed by atoms with E-state index in [1.807, 2.05) is 48.5 Å². The Morgan fingerprint density at radius 3 is 2.44 bits per heavy atom. The number of benzene rings is 3. The molecule has 0 N–H and O–H groups in total. The number of fused-ring (bicyclic) bond motifs is 2. The fourth-order valence-corrected chi connectivity index (χ4v) is 4.03. The van der Waals surface area contributed by atoms with E-state index in [4.69, 9.17) is 16.3 Å². The maximum atomic E-state index is 13.3. The summed E-state index contributed by atoms with van der Waals surface area (Å²) in [4.78, 5) is 30.7. The Bertz CT molecular complexity index is 1610. The van der Waals surface area contributed by atoms with Crippen LogP contribution in [0.25, 0.3) is 21.9 Å². The lowest BCUT2D eigenvalue weighted by atomic mass is 10.1. The molecule has 0 bridgehead atoms. The van der Waals surface area contributed by atoms with Gasteiger partial charge in [0.05, 0.1) is 6.54 Å². The number of nitrogens with zero attached hydrogens (tertiary/aromatic N) is 4. The van der Waals surface area contributed by atoms with Gasteiger partial charge in [0, 0.05) is 24.5 Å². The van der Waals surface area contributed by atoms with E-state index in [0.717, 1.165) is 15.3 Å². The Morgan fingerprint density at radius 1 is 0.906 bits per heavy atom. The molecule has 5 aromatic rings. The zero-order chi connectivity index (χ0) is 22.4. The van der Waals surface area contributed by atoms with Crippen molar-refractivity contribution in [1.29, 1.82) is 0 Å². The molecule has 7 nitrogen and oxygen atoms in total. The first kappa shape index (κ1) is 20.1. The van der Waals surface area contributed by atoms with E-state index in [1.54, 1.807) is 36.9 Å². The van der Waals surface area contributed by atoms with Crippen molar-refractivity contribution in [3.63, 3.8) is 0 Å². The summed E-state index contributed by atoms with van der Waals surface area (Å²) in [5.74, 6) is 0.614. The molecule has 0 amide bonds. The zero-order valence-electron chi connectivity index (χ0n) is 17.4. The summed E-state index contributed by atoms with van der Waals surface area (Å²) in [5.41, 5.74) is 0.285. The van der Waals surface area contributed by atoms with Crippen LogP contribution in [0, 0.1) is 0 Å². The maximum absolute atomic E-state index is 13.3. The molecule has 2 heterocycles. The van der Waals surface area contributed by atoms with Gasteiger partial charge in [-0.1, -0.05) is 66.2 Å². The smallest absolute Gasteiger partial charge is 0.332 e. The van der Waals surface area contributed by atoms with Gasteiger partial charge < -0.3 is 4.74 Å². The topological polar surface area (TPSA) is 71.1 Å². The quantitative estimate of drug-likeness (QED) is 0.417. The normalized spacial score (nSPS) is 11.3. The van der Waals surface area contributed by atoms with E-state index in [-0.39, 0.29) is 23.7 Å². The summed E-state index contributed by atoms with van der Waals surface area (Å²) in [6, 6.07) is 20.9. The summed E-state index contributed by atoms with van der Waals surface area (Å²) in [6.45, 7) is 0.0613. The third kappa shape index (κ3) is 3.18. The van der Waals surface area contributed by atoms with Crippen LogP contribution in [0.3, 0.4) is 0 Å². The fourth-order valence-electron chi connectivity index (χ4n) is 3.83. The fraction of sp³-hybridized carbons (Fsp3) is 0.125. The number of aromatic nitrogens is 4. The minimum atomic E-state index is -0.475. The molecule has 0 aliphatic carbocycles. The third-order valence-electron chi connectivity index (χ3n) is 5.56. The van der Waals surface area contributed by atoms with Crippen LogP contribution in [0.2, 0.25) is 5.02 Å². The molecular weight excluding hydrogens is 428 g/mol. The molecule has 0 unspecified atom stereocenters. The van der Waals surface area contributed by atoms with Crippen molar-refractivity contribution < 1.29 is 4.74 Å². The van der Waals surface area contributed by atoms with Crippen LogP contribution in [-0.2, 0) is 20.6 Å². The molecule has 0 saturated heterocycles. The Hall–Kier alpha value is -3.84. The summed E-state index contributed by atoms with van der Waals surface area (Å²) in [7, 11) is 3.28. The van der Waals surface area contributed by atoms with Crippen molar-refractivity contribution >= 4 is 33.5 Å². The summed E-state index contributed by atoms with van der Waals surface area (Å²) >= 11 is 6.25. The van der Waals surface area contributed by atoms with Gasteiger partial charge in [0.2, 0.25) is 0 Å². The third-order valence-corrected chi connectivity index (χ3v) is 5.92. The number of rotatable bonds is 4. The van der Waals surface area contributed by atoms with Gasteiger partial charge in [-0.15, -0.1) is 0 Å². The predicted octanol–water partition coefficient (Wildman–Crippen LogP) is 4.08. The molecule has 8 heteroatoms. The van der Waals surface area contributed by atoms with Crippen LogP contribution in [0.5, 0.6) is 11.8 Å². The zero-order valence-corrected chi connectivity index (χ0v) is 18.2. The highest BCUT2D eigenvalue weighted by atomic mass is 35.5. The molecule has 0 aliphatic heterocycles. The minimum Gasteiger partial charge on any atom is -0.425 e. The van der Waals surface area contributed by atoms with E-state index in [1.165, 1.54) is 4.57 Å². The summed E-state index contributed by atoms with van der Waals surface area (Å²) < 4.78 is 10.2. The molecule has 160 valence electrons. The van der Waals surface area contributed by atoms with E-state index >= 15 is 0 Å². The van der Waals surface area contributed by atoms with Gasteiger partial charge in [-0.05, 0) is 23.1 Å². The van der Waals surface area contributed by atoms with Crippen molar-refractivity contribution in [1.82, 2.24) is 18.7 Å². The molecule has 0 saturated carbocycles. The molecule has 0 atom stereocenters. The number of aryl methyl sites for hydroxylation is 2. The highest BCUT2D eigenvalue weighted by Gasteiger charge is 2.20. The largest absolute Gasteiger partial charge is 0.425 e. The molecule has 32 heavy (non-hydrogen) atoms. The molecule has 0 fully saturated rings. The molecule has 3 aromatic carbocycles. The minimum absolute atomic E-state index is 0.0613. The first-order chi connectivity index (χ1) is 15.5. The molecule has 5 rings (SSSR count). The number of hydrogen-bond donors (Lipinski definition) is 0. The summed E-state index contributed by atoms with van der Waals surface area (Å²) in [5, 5.41) is 2.44. The monoisotopic (exact) mass is 446 g/mol. The Labute approximate surface area is 187 Å². The van der Waals surface area contributed by atoms with Crippen molar-refractivity contribution in [3.05, 3.63) is 98.2 Å². The van der Waals surface area contributed by atoms with Gasteiger partial charge in [0.1, 0.15) is 5.75 Å². The number of ether oxygens (including phenoxy) is 1. The van der Waals surface area contributed by atoms with E-state index in [2.05, 4.69) is 4.98 Å². The van der Waals surface area contributed by atoms with E-state index in [0.29, 0.717) is 16.3 Å². The Morgan fingerprint density at radius 2 is 1.62 bits per heavy atom. The van der Waals surface area contributed by atoms with E-state index < -0.39 is 11.2 Å². The molecule has 0 radical (unpaired) electrons. The number of halogens is 1. The van der Waals surface area contributed by atoms with Crippen LogP contribution in [0.1, 0.15) is 5.56 Å². The Kier molecular flexibility index (Phi) is 4.83. The second-order valence-electron chi connectivity index (χ2n) is 7.53. The highest BCUT2D eigenvalue weighted by Crippen LogP contribution is 2.30. The highest BCUT2D eigenvalue weighted by molar-refractivity contribution is 6.31. The van der Waals surface area contributed by atoms with Crippen molar-refractivity contribution in [2.24, 2.45) is 14.1 Å². The first-order valence-electron chi connectivity index (χ1n) is 10.0.